The number of rotatable bonds is 7. The summed E-state index contributed by atoms with van der Waals surface area (Å²) in [5, 5.41) is 0.622. The van der Waals surface area contributed by atoms with E-state index < -0.39 is 5.91 Å². The van der Waals surface area contributed by atoms with E-state index in [1.165, 1.54) is 0 Å². The molecule has 1 amide bonds. The second kappa shape index (κ2) is 8.40. The number of benzene rings is 2. The highest BCUT2D eigenvalue weighted by Crippen LogP contribution is 2.32. The van der Waals surface area contributed by atoms with Crippen LogP contribution in [0.2, 0.25) is 5.02 Å². The van der Waals surface area contributed by atoms with Gasteiger partial charge in [0.15, 0.2) is 0 Å². The number of nitrogens with zero attached hydrogens (tertiary/aromatic N) is 1. The lowest BCUT2D eigenvalue weighted by molar-refractivity contribution is 0.0999. The Morgan fingerprint density at radius 1 is 1.11 bits per heavy atom. The average molecular weight is 399 g/mol. The lowest BCUT2D eigenvalue weighted by atomic mass is 10.1. The molecule has 0 atom stereocenters. The molecular weight excluding hydrogens is 376 g/mol. The van der Waals surface area contributed by atoms with Gasteiger partial charge in [-0.3, -0.25) is 4.79 Å². The van der Waals surface area contributed by atoms with Crippen molar-refractivity contribution < 1.29 is 14.3 Å². The predicted molar refractivity (Wildman–Crippen MR) is 111 cm³/mol. The van der Waals surface area contributed by atoms with Gasteiger partial charge in [-0.25, -0.2) is 0 Å². The Kier molecular flexibility index (Phi) is 5.95. The minimum Gasteiger partial charge on any atom is -0.497 e. The Morgan fingerprint density at radius 2 is 1.86 bits per heavy atom. The summed E-state index contributed by atoms with van der Waals surface area (Å²) in [6, 6.07) is 15.1. The number of primary amides is 1. The minimum atomic E-state index is -0.455. The molecule has 0 saturated heterocycles. The molecular formula is C22H23ClN2O3. The summed E-state index contributed by atoms with van der Waals surface area (Å²) in [7, 11) is 3.28. The first-order chi connectivity index (χ1) is 13.5. The van der Waals surface area contributed by atoms with Crippen molar-refractivity contribution in [2.45, 2.75) is 19.9 Å². The van der Waals surface area contributed by atoms with Crippen molar-refractivity contribution in [2.24, 2.45) is 5.73 Å². The molecule has 28 heavy (non-hydrogen) atoms. The van der Waals surface area contributed by atoms with Crippen LogP contribution in [0.4, 0.5) is 0 Å². The maximum Gasteiger partial charge on any atom is 0.250 e. The Morgan fingerprint density at radius 3 is 2.50 bits per heavy atom. The van der Waals surface area contributed by atoms with Gasteiger partial charge in [0.25, 0.3) is 5.91 Å². The Bertz CT molecular complexity index is 1010. The predicted octanol–water partition coefficient (Wildman–Crippen LogP) is 4.48. The highest BCUT2D eigenvalue weighted by atomic mass is 35.5. The molecule has 0 aliphatic rings. The zero-order valence-corrected chi connectivity index (χ0v) is 16.9. The molecule has 2 aromatic carbocycles. The number of halogens is 1. The van der Waals surface area contributed by atoms with Crippen LogP contribution in [0.15, 0.2) is 48.5 Å². The largest absolute Gasteiger partial charge is 0.497 e. The van der Waals surface area contributed by atoms with Crippen LogP contribution in [0.25, 0.3) is 11.3 Å². The third-order valence-corrected chi connectivity index (χ3v) is 5.20. The van der Waals surface area contributed by atoms with Gasteiger partial charge in [-0.1, -0.05) is 29.8 Å². The molecule has 0 radical (unpaired) electrons. The van der Waals surface area contributed by atoms with Crippen LogP contribution in [0.1, 0.15) is 21.6 Å². The highest BCUT2D eigenvalue weighted by molar-refractivity contribution is 6.33. The number of aromatic nitrogens is 1. The van der Waals surface area contributed by atoms with Gasteiger partial charge in [-0.15, -0.1) is 0 Å². The van der Waals surface area contributed by atoms with Crippen molar-refractivity contribution in [3.05, 3.63) is 70.4 Å². The fourth-order valence-electron chi connectivity index (χ4n) is 3.38. The summed E-state index contributed by atoms with van der Waals surface area (Å²) in [6.45, 7) is 2.52. The van der Waals surface area contributed by atoms with E-state index in [0.29, 0.717) is 23.6 Å². The number of carbonyl (C=O) groups excluding carboxylic acids is 1. The fourth-order valence-corrected chi connectivity index (χ4v) is 3.62. The first-order valence-electron chi connectivity index (χ1n) is 8.92. The Balaban J connectivity index is 2.03. The van der Waals surface area contributed by atoms with Crippen LogP contribution in [-0.4, -0.2) is 24.7 Å². The third kappa shape index (κ3) is 3.85. The first kappa shape index (κ1) is 19.8. The summed E-state index contributed by atoms with van der Waals surface area (Å²) in [6.07, 6.45) is 0.686. The topological polar surface area (TPSA) is 66.5 Å². The number of nitrogens with two attached hydrogens (primary N) is 1. The molecule has 0 bridgehead atoms. The average Bonchev–Trinajstić information content (AvgIpc) is 3.02. The molecule has 1 heterocycles. The minimum absolute atomic E-state index is 0.455. The molecule has 0 aliphatic heterocycles. The molecule has 146 valence electrons. The van der Waals surface area contributed by atoms with Crippen molar-refractivity contribution in [1.82, 2.24) is 4.57 Å². The molecule has 2 N–H and O–H groups in total. The summed E-state index contributed by atoms with van der Waals surface area (Å²) in [4.78, 5) is 11.9. The molecule has 0 fully saturated rings. The molecule has 1 aromatic heterocycles. The van der Waals surface area contributed by atoms with Gasteiger partial charge in [0.2, 0.25) is 0 Å². The van der Waals surface area contributed by atoms with E-state index >= 15 is 0 Å². The monoisotopic (exact) mass is 398 g/mol. The number of carbonyl (C=O) groups is 1. The van der Waals surface area contributed by atoms with Crippen molar-refractivity contribution in [3.8, 4) is 22.8 Å². The summed E-state index contributed by atoms with van der Waals surface area (Å²) >= 11 is 6.41. The zero-order chi connectivity index (χ0) is 20.3. The summed E-state index contributed by atoms with van der Waals surface area (Å²) in [5.41, 5.74) is 9.62. The van der Waals surface area contributed by atoms with Gasteiger partial charge in [-0.2, -0.15) is 0 Å². The molecule has 0 spiro atoms. The number of methoxy groups -OCH3 is 2. The summed E-state index contributed by atoms with van der Waals surface area (Å²) in [5.74, 6) is 1.10. The smallest absolute Gasteiger partial charge is 0.250 e. The van der Waals surface area contributed by atoms with Crippen LogP contribution in [0.5, 0.6) is 11.5 Å². The van der Waals surface area contributed by atoms with Crippen LogP contribution >= 0.6 is 11.6 Å². The van der Waals surface area contributed by atoms with Gasteiger partial charge >= 0.3 is 0 Å². The SMILES string of the molecule is COc1ccc(OC)c(CCn2c(-c3ccccc3Cl)cc(C(N)=O)c2C)c1. The second-order valence-corrected chi connectivity index (χ2v) is 6.86. The second-order valence-electron chi connectivity index (χ2n) is 6.45. The number of hydrogen-bond donors (Lipinski definition) is 1. The van der Waals surface area contributed by atoms with Gasteiger partial charge in [0, 0.05) is 22.8 Å². The van der Waals surface area contributed by atoms with E-state index in [2.05, 4.69) is 4.57 Å². The van der Waals surface area contributed by atoms with Gasteiger partial charge in [0.05, 0.1) is 25.5 Å². The lowest BCUT2D eigenvalue weighted by Crippen LogP contribution is -2.13. The zero-order valence-electron chi connectivity index (χ0n) is 16.2. The maximum absolute atomic E-state index is 11.9. The van der Waals surface area contributed by atoms with Crippen LogP contribution < -0.4 is 15.2 Å². The first-order valence-corrected chi connectivity index (χ1v) is 9.29. The molecule has 0 unspecified atom stereocenters. The van der Waals surface area contributed by atoms with Crippen LogP contribution in [0, 0.1) is 6.92 Å². The molecule has 0 aliphatic carbocycles. The van der Waals surface area contributed by atoms with E-state index in [1.54, 1.807) is 14.2 Å². The van der Waals surface area contributed by atoms with Crippen molar-refractivity contribution >= 4 is 17.5 Å². The number of aryl methyl sites for hydroxylation is 1. The van der Waals surface area contributed by atoms with E-state index in [4.69, 9.17) is 26.8 Å². The quantitative estimate of drug-likeness (QED) is 0.638. The van der Waals surface area contributed by atoms with Crippen molar-refractivity contribution in [2.75, 3.05) is 14.2 Å². The van der Waals surface area contributed by atoms with Crippen LogP contribution in [0.3, 0.4) is 0 Å². The van der Waals surface area contributed by atoms with Gasteiger partial charge in [-0.05, 0) is 49.2 Å². The number of ether oxygens (including phenoxy) is 2. The van der Waals surface area contributed by atoms with E-state index in [-0.39, 0.29) is 0 Å². The Hall–Kier alpha value is -2.92. The Labute approximate surface area is 169 Å². The normalized spacial score (nSPS) is 10.7. The molecule has 5 nitrogen and oxygen atoms in total. The molecule has 6 heteroatoms. The van der Waals surface area contributed by atoms with E-state index in [9.17, 15) is 4.79 Å². The van der Waals surface area contributed by atoms with Gasteiger partial charge < -0.3 is 19.8 Å². The van der Waals surface area contributed by atoms with E-state index in [0.717, 1.165) is 34.0 Å². The van der Waals surface area contributed by atoms with Crippen molar-refractivity contribution in [3.63, 3.8) is 0 Å². The fraction of sp³-hybridized carbons (Fsp3) is 0.227. The van der Waals surface area contributed by atoms with E-state index in [1.807, 2.05) is 55.5 Å². The summed E-state index contributed by atoms with van der Waals surface area (Å²) < 4.78 is 12.9. The number of amides is 1. The molecule has 0 saturated carbocycles. The molecule has 3 aromatic rings. The number of hydrogen-bond acceptors (Lipinski definition) is 3. The molecule has 3 rings (SSSR count). The maximum atomic E-state index is 11.9. The van der Waals surface area contributed by atoms with Gasteiger partial charge in [0.1, 0.15) is 11.5 Å². The van der Waals surface area contributed by atoms with Crippen molar-refractivity contribution in [1.29, 1.82) is 0 Å². The standard InChI is InChI=1S/C22H23ClN2O3/c1-14-18(22(24)26)13-20(17-6-4-5-7-19(17)23)25(14)11-10-15-12-16(27-2)8-9-21(15)28-3/h4-9,12-13H,10-11H2,1-3H3,(H2,24,26). The van der Waals surface area contributed by atoms with Crippen LogP contribution in [-0.2, 0) is 13.0 Å². The lowest BCUT2D eigenvalue weighted by Gasteiger charge is -2.15. The third-order valence-electron chi connectivity index (χ3n) is 4.87. The highest BCUT2D eigenvalue weighted by Gasteiger charge is 2.18.